The Morgan fingerprint density at radius 1 is 1.03 bits per heavy atom. The minimum atomic E-state index is -0.910. The van der Waals surface area contributed by atoms with E-state index in [0.717, 1.165) is 33.7 Å². The van der Waals surface area contributed by atoms with Crippen molar-refractivity contribution in [2.24, 2.45) is 0 Å². The third kappa shape index (κ3) is 2.51. The predicted octanol–water partition coefficient (Wildman–Crippen LogP) is 5.38. The van der Waals surface area contributed by atoms with Gasteiger partial charge in [-0.2, -0.15) is 0 Å². The maximum Gasteiger partial charge on any atom is 0.261 e. The van der Waals surface area contributed by atoms with E-state index < -0.39 is 4.87 Å². The van der Waals surface area contributed by atoms with E-state index in [9.17, 15) is 9.59 Å². The Morgan fingerprint density at radius 2 is 1.81 bits per heavy atom. The third-order valence-corrected chi connectivity index (χ3v) is 7.85. The smallest absolute Gasteiger partial charge is 0.261 e. The van der Waals surface area contributed by atoms with Gasteiger partial charge in [-0.25, -0.2) is 0 Å². The first-order valence-corrected chi connectivity index (χ1v) is 11.4. The number of aryl methyl sites for hydroxylation is 1. The standard InChI is InChI=1S/C25H21N3O2S/c1-2-27-19-8-4-3-7-17(19)18-15-16(11-12-20(18)27)26-24(30)25-14-13-23(29)28(25)21-9-5-6-10-22(21)31-25/h3-12,15H,2,13-14H2,1H3,(H,26,30). The average molecular weight is 428 g/mol. The first kappa shape index (κ1) is 18.5. The summed E-state index contributed by atoms with van der Waals surface area (Å²) in [7, 11) is 0. The number of fused-ring (bicyclic) bond motifs is 6. The third-order valence-electron chi connectivity index (χ3n) is 6.37. The Morgan fingerprint density at radius 3 is 2.68 bits per heavy atom. The molecule has 0 saturated carbocycles. The lowest BCUT2D eigenvalue weighted by atomic mass is 10.1. The van der Waals surface area contributed by atoms with Gasteiger partial charge in [-0.15, -0.1) is 0 Å². The lowest BCUT2D eigenvalue weighted by Crippen LogP contribution is -2.49. The number of nitrogens with one attached hydrogen (secondary N) is 1. The number of carbonyl (C=O) groups is 2. The number of para-hydroxylation sites is 2. The van der Waals surface area contributed by atoms with Crippen LogP contribution in [0.15, 0.2) is 71.6 Å². The molecule has 0 spiro atoms. The predicted molar refractivity (Wildman–Crippen MR) is 125 cm³/mol. The fourth-order valence-electron chi connectivity index (χ4n) is 5.00. The van der Waals surface area contributed by atoms with Gasteiger partial charge in [0.2, 0.25) is 5.91 Å². The zero-order chi connectivity index (χ0) is 21.2. The van der Waals surface area contributed by atoms with Gasteiger partial charge in [0.1, 0.15) is 0 Å². The number of benzene rings is 3. The van der Waals surface area contributed by atoms with Crippen LogP contribution < -0.4 is 10.2 Å². The van der Waals surface area contributed by atoms with E-state index in [1.807, 2.05) is 42.5 Å². The summed E-state index contributed by atoms with van der Waals surface area (Å²) >= 11 is 1.49. The monoisotopic (exact) mass is 427 g/mol. The molecule has 2 aliphatic rings. The van der Waals surface area contributed by atoms with Gasteiger partial charge in [0.05, 0.1) is 5.69 Å². The molecule has 3 heterocycles. The van der Waals surface area contributed by atoms with Crippen LogP contribution in [0.4, 0.5) is 11.4 Å². The second-order valence-corrected chi connectivity index (χ2v) is 9.35. The maximum absolute atomic E-state index is 13.6. The number of hydrogen-bond acceptors (Lipinski definition) is 3. The van der Waals surface area contributed by atoms with E-state index in [1.54, 1.807) is 4.90 Å². The number of carbonyl (C=O) groups excluding carboxylic acids is 2. The van der Waals surface area contributed by atoms with Crippen LogP contribution >= 0.6 is 11.8 Å². The maximum atomic E-state index is 13.6. The van der Waals surface area contributed by atoms with Gasteiger partial charge in [0.15, 0.2) is 4.87 Å². The van der Waals surface area contributed by atoms with Crippen LogP contribution in [0, 0.1) is 0 Å². The molecule has 1 aromatic heterocycles. The molecule has 4 aromatic rings. The molecule has 1 saturated heterocycles. The Balaban J connectivity index is 1.40. The topological polar surface area (TPSA) is 54.3 Å². The average Bonchev–Trinajstić information content (AvgIpc) is 3.41. The van der Waals surface area contributed by atoms with Crippen molar-refractivity contribution in [3.05, 3.63) is 66.7 Å². The van der Waals surface area contributed by atoms with Gasteiger partial charge in [-0.05, 0) is 49.7 Å². The van der Waals surface area contributed by atoms with Gasteiger partial charge in [-0.1, -0.05) is 42.1 Å². The number of amides is 2. The van der Waals surface area contributed by atoms with Crippen molar-refractivity contribution < 1.29 is 9.59 Å². The highest BCUT2D eigenvalue weighted by Gasteiger charge is 2.57. The van der Waals surface area contributed by atoms with Crippen LogP contribution in [0.25, 0.3) is 21.8 Å². The van der Waals surface area contributed by atoms with E-state index in [2.05, 4.69) is 41.1 Å². The number of rotatable bonds is 3. The van der Waals surface area contributed by atoms with Crippen LogP contribution in [0.5, 0.6) is 0 Å². The number of anilines is 2. The summed E-state index contributed by atoms with van der Waals surface area (Å²) in [5.74, 6) is -0.132. The SMILES string of the molecule is CCn1c2ccccc2c2cc(NC(=O)C34CCC(=O)N3c3ccccc3S4)ccc21. The van der Waals surface area contributed by atoms with Gasteiger partial charge >= 0.3 is 0 Å². The summed E-state index contributed by atoms with van der Waals surface area (Å²) in [5.41, 5.74) is 3.94. The van der Waals surface area contributed by atoms with Crippen LogP contribution in [-0.4, -0.2) is 21.3 Å². The Hall–Kier alpha value is -3.25. The minimum Gasteiger partial charge on any atom is -0.341 e. The molecule has 2 aliphatic heterocycles. The van der Waals surface area contributed by atoms with Crippen LogP contribution in [-0.2, 0) is 16.1 Å². The highest BCUT2D eigenvalue weighted by Crippen LogP contribution is 2.56. The van der Waals surface area contributed by atoms with Crippen molar-refractivity contribution in [2.75, 3.05) is 10.2 Å². The van der Waals surface area contributed by atoms with Crippen molar-refractivity contribution in [1.29, 1.82) is 0 Å². The molecule has 1 N–H and O–H groups in total. The van der Waals surface area contributed by atoms with Crippen molar-refractivity contribution in [1.82, 2.24) is 4.57 Å². The number of thioether (sulfide) groups is 1. The summed E-state index contributed by atoms with van der Waals surface area (Å²) < 4.78 is 2.29. The first-order chi connectivity index (χ1) is 15.1. The van der Waals surface area contributed by atoms with E-state index in [0.29, 0.717) is 12.8 Å². The molecule has 1 atom stereocenters. The molecule has 0 radical (unpaired) electrons. The summed E-state index contributed by atoms with van der Waals surface area (Å²) in [6.07, 6.45) is 0.895. The molecule has 0 aliphatic carbocycles. The van der Waals surface area contributed by atoms with Crippen molar-refractivity contribution in [2.45, 2.75) is 36.1 Å². The molecular formula is C25H21N3O2S. The van der Waals surface area contributed by atoms with E-state index in [4.69, 9.17) is 0 Å². The molecule has 0 bridgehead atoms. The fraction of sp³-hybridized carbons (Fsp3) is 0.200. The van der Waals surface area contributed by atoms with Crippen LogP contribution in [0.3, 0.4) is 0 Å². The van der Waals surface area contributed by atoms with E-state index >= 15 is 0 Å². The molecule has 2 amide bonds. The molecule has 1 fully saturated rings. The molecule has 6 heteroatoms. The van der Waals surface area contributed by atoms with Crippen LogP contribution in [0.2, 0.25) is 0 Å². The van der Waals surface area contributed by atoms with Crippen molar-refractivity contribution >= 4 is 56.8 Å². The molecule has 31 heavy (non-hydrogen) atoms. The minimum absolute atomic E-state index is 0.00840. The van der Waals surface area contributed by atoms with Gasteiger partial charge in [0, 0.05) is 45.4 Å². The molecule has 1 unspecified atom stereocenters. The number of nitrogens with zero attached hydrogens (tertiary/aromatic N) is 2. The highest BCUT2D eigenvalue weighted by atomic mass is 32.2. The molecule has 5 nitrogen and oxygen atoms in total. The summed E-state index contributed by atoms with van der Waals surface area (Å²) in [5, 5.41) is 5.42. The largest absolute Gasteiger partial charge is 0.341 e. The number of aromatic nitrogens is 1. The Bertz CT molecular complexity index is 1390. The second-order valence-electron chi connectivity index (χ2n) is 8.03. The van der Waals surface area contributed by atoms with Gasteiger partial charge in [-0.3, -0.25) is 14.5 Å². The molecule has 154 valence electrons. The summed E-state index contributed by atoms with van der Waals surface area (Å²) in [6, 6.07) is 22.2. The molecular weight excluding hydrogens is 406 g/mol. The Labute approximate surface area is 184 Å². The second kappa shape index (κ2) is 6.62. The lowest BCUT2D eigenvalue weighted by Gasteiger charge is -2.29. The Kier molecular flexibility index (Phi) is 3.96. The van der Waals surface area contributed by atoms with E-state index in [1.165, 1.54) is 22.7 Å². The van der Waals surface area contributed by atoms with Crippen LogP contribution in [0.1, 0.15) is 19.8 Å². The highest BCUT2D eigenvalue weighted by molar-refractivity contribution is 8.02. The fourth-order valence-corrected chi connectivity index (χ4v) is 6.41. The molecule has 3 aromatic carbocycles. The summed E-state index contributed by atoms with van der Waals surface area (Å²) in [6.45, 7) is 3.02. The van der Waals surface area contributed by atoms with E-state index in [-0.39, 0.29) is 11.8 Å². The number of hydrogen-bond donors (Lipinski definition) is 1. The molecule has 6 rings (SSSR count). The zero-order valence-electron chi connectivity index (χ0n) is 17.1. The van der Waals surface area contributed by atoms with Gasteiger partial charge in [0.25, 0.3) is 5.91 Å². The normalized spacial score (nSPS) is 19.8. The van der Waals surface area contributed by atoms with Crippen molar-refractivity contribution in [3.63, 3.8) is 0 Å². The quantitative estimate of drug-likeness (QED) is 0.477. The van der Waals surface area contributed by atoms with Gasteiger partial charge < -0.3 is 9.88 Å². The van der Waals surface area contributed by atoms with Crippen molar-refractivity contribution in [3.8, 4) is 0 Å². The zero-order valence-corrected chi connectivity index (χ0v) is 17.9. The summed E-state index contributed by atoms with van der Waals surface area (Å²) in [4.78, 5) is 28.0. The first-order valence-electron chi connectivity index (χ1n) is 10.6. The lowest BCUT2D eigenvalue weighted by molar-refractivity contribution is -0.121.